The van der Waals surface area contributed by atoms with E-state index in [0.717, 1.165) is 0 Å². The van der Waals surface area contributed by atoms with Gasteiger partial charge in [0.15, 0.2) is 0 Å². The molecule has 0 spiro atoms. The molecule has 0 bridgehead atoms. The highest BCUT2D eigenvalue weighted by Gasteiger charge is 2.12. The molecule has 1 aromatic carbocycles. The summed E-state index contributed by atoms with van der Waals surface area (Å²) in [5.41, 5.74) is 1.26. The van der Waals surface area contributed by atoms with Crippen LogP contribution >= 0.6 is 0 Å². The predicted octanol–water partition coefficient (Wildman–Crippen LogP) is 2.65. The molecule has 0 saturated heterocycles. The van der Waals surface area contributed by atoms with E-state index < -0.39 is 5.97 Å². The van der Waals surface area contributed by atoms with E-state index in [-0.39, 0.29) is 30.6 Å². The average molecular weight is 281 g/mol. The summed E-state index contributed by atoms with van der Waals surface area (Å²) in [5.74, 6) is -0.946. The van der Waals surface area contributed by atoms with E-state index in [1.54, 1.807) is 32.9 Å². The van der Waals surface area contributed by atoms with Crippen LogP contribution in [-0.4, -0.2) is 18.5 Å². The number of hydrogen-bond acceptors (Lipinski definition) is 3. The Balaban J connectivity index is 2.48. The summed E-state index contributed by atoms with van der Waals surface area (Å²) >= 11 is 0. The summed E-state index contributed by atoms with van der Waals surface area (Å²) in [5, 5.41) is 2.73. The third-order valence-electron chi connectivity index (χ3n) is 2.93. The molecule has 0 aromatic heterocycles. The first kappa shape index (κ1) is 16.1. The molecule has 4 nitrogen and oxygen atoms in total. The maximum atomic E-state index is 13.4. The Kier molecular flexibility index (Phi) is 6.15. The lowest BCUT2D eigenvalue weighted by Gasteiger charge is -2.14. The highest BCUT2D eigenvalue weighted by Crippen LogP contribution is 2.16. The van der Waals surface area contributed by atoms with E-state index in [4.69, 9.17) is 4.74 Å². The van der Waals surface area contributed by atoms with Crippen molar-refractivity contribution in [3.8, 4) is 0 Å². The fraction of sp³-hybridized carbons (Fsp3) is 0.467. The molecule has 0 aliphatic carbocycles. The molecule has 0 saturated carbocycles. The van der Waals surface area contributed by atoms with Crippen molar-refractivity contribution in [3.63, 3.8) is 0 Å². The van der Waals surface area contributed by atoms with E-state index in [0.29, 0.717) is 17.7 Å². The van der Waals surface area contributed by atoms with Gasteiger partial charge in [-0.2, -0.15) is 0 Å². The summed E-state index contributed by atoms with van der Waals surface area (Å²) in [7, 11) is 0. The van der Waals surface area contributed by atoms with Crippen LogP contribution in [0.15, 0.2) is 18.2 Å². The number of carbonyl (C=O) groups is 2. The van der Waals surface area contributed by atoms with Crippen molar-refractivity contribution in [3.05, 3.63) is 35.1 Å². The number of benzene rings is 1. The molecule has 0 aliphatic heterocycles. The van der Waals surface area contributed by atoms with Crippen molar-refractivity contribution in [1.29, 1.82) is 0 Å². The number of amides is 1. The lowest BCUT2D eigenvalue weighted by atomic mass is 10.1. The predicted molar refractivity (Wildman–Crippen MR) is 73.6 cm³/mol. The summed E-state index contributed by atoms with van der Waals surface area (Å²) in [4.78, 5) is 22.8. The molecule has 1 unspecified atom stereocenters. The Morgan fingerprint density at radius 2 is 2.05 bits per heavy atom. The van der Waals surface area contributed by atoms with Crippen LogP contribution in [0.4, 0.5) is 4.39 Å². The highest BCUT2D eigenvalue weighted by molar-refractivity contribution is 5.81. The fourth-order valence-electron chi connectivity index (χ4n) is 1.72. The van der Waals surface area contributed by atoms with Gasteiger partial charge in [0.2, 0.25) is 5.91 Å². The molecule has 1 N–H and O–H groups in total. The molecule has 1 aromatic rings. The van der Waals surface area contributed by atoms with Gasteiger partial charge in [-0.05, 0) is 38.0 Å². The van der Waals surface area contributed by atoms with Crippen LogP contribution in [0.3, 0.4) is 0 Å². The van der Waals surface area contributed by atoms with Crippen LogP contribution in [0.1, 0.15) is 43.9 Å². The average Bonchev–Trinajstić information content (AvgIpc) is 2.40. The zero-order chi connectivity index (χ0) is 15.1. The second-order valence-corrected chi connectivity index (χ2v) is 4.60. The topological polar surface area (TPSA) is 55.4 Å². The lowest BCUT2D eigenvalue weighted by Crippen LogP contribution is -2.27. The minimum absolute atomic E-state index is 0.0503. The maximum absolute atomic E-state index is 13.4. The van der Waals surface area contributed by atoms with E-state index in [1.807, 2.05) is 0 Å². The summed E-state index contributed by atoms with van der Waals surface area (Å²) in [6.07, 6.45) is 0.117. The first-order valence-electron chi connectivity index (χ1n) is 6.65. The minimum Gasteiger partial charge on any atom is -0.466 e. The Morgan fingerprint density at radius 3 is 2.65 bits per heavy atom. The lowest BCUT2D eigenvalue weighted by molar-refractivity contribution is -0.144. The van der Waals surface area contributed by atoms with Crippen molar-refractivity contribution in [2.45, 2.75) is 39.7 Å². The molecular weight excluding hydrogens is 261 g/mol. The molecule has 0 radical (unpaired) electrons. The number of nitrogens with one attached hydrogen (secondary N) is 1. The van der Waals surface area contributed by atoms with Gasteiger partial charge in [-0.1, -0.05) is 12.1 Å². The zero-order valence-electron chi connectivity index (χ0n) is 12.0. The van der Waals surface area contributed by atoms with Gasteiger partial charge in [0.25, 0.3) is 0 Å². The monoisotopic (exact) mass is 281 g/mol. The molecule has 0 aliphatic rings. The second kappa shape index (κ2) is 7.62. The van der Waals surface area contributed by atoms with Crippen LogP contribution in [0.5, 0.6) is 0 Å². The van der Waals surface area contributed by atoms with Crippen molar-refractivity contribution in [1.82, 2.24) is 5.32 Å². The van der Waals surface area contributed by atoms with E-state index >= 15 is 0 Å². The normalized spacial score (nSPS) is 11.8. The SMILES string of the molecule is CCOC(=O)CCC(=O)NC(C)c1ccc(C)c(F)c1. The molecule has 5 heteroatoms. The van der Waals surface area contributed by atoms with Gasteiger partial charge >= 0.3 is 5.97 Å². The van der Waals surface area contributed by atoms with Crippen LogP contribution < -0.4 is 5.32 Å². The highest BCUT2D eigenvalue weighted by atomic mass is 19.1. The largest absolute Gasteiger partial charge is 0.466 e. The van der Waals surface area contributed by atoms with Crippen molar-refractivity contribution >= 4 is 11.9 Å². The number of ether oxygens (including phenoxy) is 1. The second-order valence-electron chi connectivity index (χ2n) is 4.60. The van der Waals surface area contributed by atoms with Crippen LogP contribution in [-0.2, 0) is 14.3 Å². The zero-order valence-corrected chi connectivity index (χ0v) is 12.0. The Morgan fingerprint density at radius 1 is 1.35 bits per heavy atom. The van der Waals surface area contributed by atoms with Gasteiger partial charge in [0.1, 0.15) is 5.82 Å². The number of esters is 1. The van der Waals surface area contributed by atoms with Crippen molar-refractivity contribution < 1.29 is 18.7 Å². The van der Waals surface area contributed by atoms with Crippen molar-refractivity contribution in [2.24, 2.45) is 0 Å². The van der Waals surface area contributed by atoms with E-state index in [2.05, 4.69) is 5.32 Å². The molecule has 1 atom stereocenters. The number of carbonyl (C=O) groups excluding carboxylic acids is 2. The first-order valence-corrected chi connectivity index (χ1v) is 6.65. The molecular formula is C15H20FNO3. The van der Waals surface area contributed by atoms with Gasteiger partial charge in [-0.3, -0.25) is 9.59 Å². The number of hydrogen-bond donors (Lipinski definition) is 1. The van der Waals surface area contributed by atoms with Gasteiger partial charge < -0.3 is 10.1 Å². The van der Waals surface area contributed by atoms with E-state index in [1.165, 1.54) is 6.07 Å². The third kappa shape index (κ3) is 4.99. The van der Waals surface area contributed by atoms with Gasteiger partial charge in [0.05, 0.1) is 19.1 Å². The third-order valence-corrected chi connectivity index (χ3v) is 2.93. The Hall–Kier alpha value is -1.91. The summed E-state index contributed by atoms with van der Waals surface area (Å²) < 4.78 is 18.2. The van der Waals surface area contributed by atoms with Crippen LogP contribution in [0.2, 0.25) is 0 Å². The Labute approximate surface area is 118 Å². The van der Waals surface area contributed by atoms with E-state index in [9.17, 15) is 14.0 Å². The van der Waals surface area contributed by atoms with Gasteiger partial charge in [-0.15, -0.1) is 0 Å². The summed E-state index contributed by atoms with van der Waals surface area (Å²) in [6, 6.07) is 4.55. The molecule has 110 valence electrons. The number of rotatable bonds is 6. The van der Waals surface area contributed by atoms with Crippen LogP contribution in [0.25, 0.3) is 0 Å². The van der Waals surface area contributed by atoms with Crippen LogP contribution in [0, 0.1) is 12.7 Å². The quantitative estimate of drug-likeness (QED) is 0.816. The standard InChI is InChI=1S/C15H20FNO3/c1-4-20-15(19)8-7-14(18)17-11(3)12-6-5-10(2)13(16)9-12/h5-6,9,11H,4,7-8H2,1-3H3,(H,17,18). The minimum atomic E-state index is -0.392. The van der Waals surface area contributed by atoms with Gasteiger partial charge in [-0.25, -0.2) is 4.39 Å². The molecule has 0 heterocycles. The fourth-order valence-corrected chi connectivity index (χ4v) is 1.72. The maximum Gasteiger partial charge on any atom is 0.306 e. The molecule has 0 fully saturated rings. The van der Waals surface area contributed by atoms with Gasteiger partial charge in [0, 0.05) is 6.42 Å². The number of aryl methyl sites for hydroxylation is 1. The number of halogens is 1. The molecule has 20 heavy (non-hydrogen) atoms. The summed E-state index contributed by atoms with van der Waals surface area (Å²) in [6.45, 7) is 5.47. The smallest absolute Gasteiger partial charge is 0.306 e. The van der Waals surface area contributed by atoms with Crippen molar-refractivity contribution in [2.75, 3.05) is 6.61 Å². The molecule has 1 amide bonds. The first-order chi connectivity index (χ1) is 9.43. The Bertz CT molecular complexity index is 488. The molecule has 1 rings (SSSR count).